The Morgan fingerprint density at radius 2 is 2.20 bits per heavy atom. The van der Waals surface area contributed by atoms with Crippen molar-refractivity contribution in [1.82, 2.24) is 5.32 Å². The zero-order valence-electron chi connectivity index (χ0n) is 9.41. The minimum absolute atomic E-state index is 0.0686. The Hall–Kier alpha value is -0.420. The van der Waals surface area contributed by atoms with E-state index in [-0.39, 0.29) is 16.6 Å². The van der Waals surface area contributed by atoms with Gasteiger partial charge in [-0.3, -0.25) is 9.00 Å². The molecule has 1 aliphatic rings. The van der Waals surface area contributed by atoms with E-state index in [0.717, 1.165) is 19.3 Å². The van der Waals surface area contributed by atoms with Gasteiger partial charge in [-0.1, -0.05) is 6.92 Å². The van der Waals surface area contributed by atoms with Crippen LogP contribution >= 0.6 is 0 Å². The van der Waals surface area contributed by atoms with Gasteiger partial charge in [-0.05, 0) is 19.3 Å². The van der Waals surface area contributed by atoms with Crippen LogP contribution < -0.4 is 11.1 Å². The largest absolute Gasteiger partial charge is 0.356 e. The zero-order chi connectivity index (χ0) is 11.5. The standard InChI is InChI=1S/C10H20N2O2S/c1-8(15(2)14)3-6-12-9(13)10(7-11)4-5-10/h8H,3-7,11H2,1-2H3,(H,12,13). The fourth-order valence-electron chi connectivity index (χ4n) is 1.42. The third-order valence-corrected chi connectivity index (χ3v) is 4.50. The quantitative estimate of drug-likeness (QED) is 0.677. The van der Waals surface area contributed by atoms with Gasteiger partial charge >= 0.3 is 0 Å². The first-order chi connectivity index (χ1) is 7.02. The van der Waals surface area contributed by atoms with Crippen LogP contribution in [0.15, 0.2) is 0 Å². The number of rotatable bonds is 6. The van der Waals surface area contributed by atoms with E-state index in [1.807, 2.05) is 6.92 Å². The van der Waals surface area contributed by atoms with Crippen LogP contribution in [0.5, 0.6) is 0 Å². The van der Waals surface area contributed by atoms with Crippen molar-refractivity contribution < 1.29 is 9.00 Å². The average Bonchev–Trinajstić information content (AvgIpc) is 2.97. The lowest BCUT2D eigenvalue weighted by Crippen LogP contribution is -2.37. The van der Waals surface area contributed by atoms with E-state index >= 15 is 0 Å². The lowest BCUT2D eigenvalue weighted by atomic mass is 10.1. The number of nitrogens with two attached hydrogens (primary N) is 1. The summed E-state index contributed by atoms with van der Waals surface area (Å²) in [4.78, 5) is 11.6. The van der Waals surface area contributed by atoms with Crippen molar-refractivity contribution in [3.05, 3.63) is 0 Å². The van der Waals surface area contributed by atoms with E-state index in [9.17, 15) is 9.00 Å². The Morgan fingerprint density at radius 3 is 2.60 bits per heavy atom. The molecule has 0 heterocycles. The molecule has 0 spiro atoms. The van der Waals surface area contributed by atoms with Gasteiger partial charge < -0.3 is 11.1 Å². The summed E-state index contributed by atoms with van der Waals surface area (Å²) in [5.74, 6) is 0.0686. The minimum Gasteiger partial charge on any atom is -0.356 e. The van der Waals surface area contributed by atoms with Crippen molar-refractivity contribution in [2.24, 2.45) is 11.1 Å². The molecule has 1 amide bonds. The first-order valence-electron chi connectivity index (χ1n) is 5.32. The third-order valence-electron chi connectivity index (χ3n) is 3.13. The SMILES string of the molecule is CC(CCNC(=O)C1(CN)CC1)S(C)=O. The smallest absolute Gasteiger partial charge is 0.227 e. The first kappa shape index (κ1) is 12.6. The van der Waals surface area contributed by atoms with Gasteiger partial charge in [-0.15, -0.1) is 0 Å². The number of carbonyl (C=O) groups excluding carboxylic acids is 1. The van der Waals surface area contributed by atoms with Gasteiger partial charge in [0.1, 0.15) is 0 Å². The highest BCUT2D eigenvalue weighted by atomic mass is 32.2. The van der Waals surface area contributed by atoms with Crippen molar-refractivity contribution in [1.29, 1.82) is 0 Å². The molecule has 1 rings (SSSR count). The normalized spacial score (nSPS) is 21.8. The molecule has 1 saturated carbocycles. The highest BCUT2D eigenvalue weighted by molar-refractivity contribution is 7.84. The summed E-state index contributed by atoms with van der Waals surface area (Å²) in [6.07, 6.45) is 4.26. The minimum atomic E-state index is -0.808. The van der Waals surface area contributed by atoms with Gasteiger partial charge in [0, 0.05) is 35.4 Å². The Labute approximate surface area is 93.4 Å². The second kappa shape index (κ2) is 5.07. The molecular weight excluding hydrogens is 212 g/mol. The average molecular weight is 232 g/mol. The van der Waals surface area contributed by atoms with E-state index in [1.165, 1.54) is 0 Å². The molecule has 0 aromatic rings. The van der Waals surface area contributed by atoms with Gasteiger partial charge in [-0.25, -0.2) is 0 Å². The topological polar surface area (TPSA) is 72.2 Å². The van der Waals surface area contributed by atoms with E-state index < -0.39 is 10.8 Å². The molecule has 2 unspecified atom stereocenters. The molecule has 4 nitrogen and oxygen atoms in total. The number of carbonyl (C=O) groups is 1. The molecule has 2 atom stereocenters. The molecule has 15 heavy (non-hydrogen) atoms. The summed E-state index contributed by atoms with van der Waals surface area (Å²) >= 11 is 0. The van der Waals surface area contributed by atoms with Crippen LogP contribution in [0.3, 0.4) is 0 Å². The van der Waals surface area contributed by atoms with Crippen molar-refractivity contribution >= 4 is 16.7 Å². The molecule has 88 valence electrons. The Balaban J connectivity index is 2.21. The maximum atomic E-state index is 11.6. The van der Waals surface area contributed by atoms with Crippen LogP contribution in [0.4, 0.5) is 0 Å². The van der Waals surface area contributed by atoms with Crippen LogP contribution in [0.25, 0.3) is 0 Å². The molecule has 3 N–H and O–H groups in total. The van der Waals surface area contributed by atoms with Crippen molar-refractivity contribution in [2.75, 3.05) is 19.3 Å². The predicted octanol–water partition coefficient (Wildman–Crippen LogP) is -0.00140. The summed E-state index contributed by atoms with van der Waals surface area (Å²) < 4.78 is 11.1. The van der Waals surface area contributed by atoms with E-state index in [0.29, 0.717) is 13.1 Å². The Morgan fingerprint density at radius 1 is 1.60 bits per heavy atom. The van der Waals surface area contributed by atoms with Crippen LogP contribution in [0.1, 0.15) is 26.2 Å². The van der Waals surface area contributed by atoms with E-state index in [4.69, 9.17) is 5.73 Å². The van der Waals surface area contributed by atoms with Gasteiger partial charge in [0.2, 0.25) is 5.91 Å². The second-order valence-electron chi connectivity index (χ2n) is 4.34. The molecule has 1 fully saturated rings. The van der Waals surface area contributed by atoms with Gasteiger partial charge in [0.05, 0.1) is 5.41 Å². The molecule has 0 radical (unpaired) electrons. The molecule has 0 aromatic heterocycles. The second-order valence-corrected chi connectivity index (χ2v) is 6.14. The summed E-state index contributed by atoms with van der Waals surface area (Å²) in [7, 11) is -0.808. The molecule has 0 bridgehead atoms. The highest BCUT2D eigenvalue weighted by Gasteiger charge is 2.48. The van der Waals surface area contributed by atoms with Gasteiger partial charge in [0.25, 0.3) is 0 Å². The fraction of sp³-hybridized carbons (Fsp3) is 0.900. The fourth-order valence-corrected chi connectivity index (χ4v) is 1.87. The van der Waals surface area contributed by atoms with E-state index in [1.54, 1.807) is 6.26 Å². The lowest BCUT2D eigenvalue weighted by molar-refractivity contribution is -0.125. The maximum absolute atomic E-state index is 11.6. The zero-order valence-corrected chi connectivity index (χ0v) is 10.2. The van der Waals surface area contributed by atoms with Crippen molar-refractivity contribution in [3.8, 4) is 0 Å². The summed E-state index contributed by atoms with van der Waals surface area (Å²) in [6.45, 7) is 2.97. The summed E-state index contributed by atoms with van der Waals surface area (Å²) in [5, 5.41) is 3.01. The molecular formula is C10H20N2O2S. The summed E-state index contributed by atoms with van der Waals surface area (Å²) in [6, 6.07) is 0. The Kier molecular flexibility index (Phi) is 4.28. The highest BCUT2D eigenvalue weighted by Crippen LogP contribution is 2.44. The van der Waals surface area contributed by atoms with Gasteiger partial charge in [0.15, 0.2) is 0 Å². The van der Waals surface area contributed by atoms with Crippen LogP contribution in [0.2, 0.25) is 0 Å². The van der Waals surface area contributed by atoms with Crippen LogP contribution in [-0.4, -0.2) is 34.7 Å². The molecule has 0 aliphatic heterocycles. The molecule has 5 heteroatoms. The molecule has 1 aliphatic carbocycles. The Bertz CT molecular complexity index is 264. The number of nitrogens with one attached hydrogen (secondary N) is 1. The predicted molar refractivity (Wildman–Crippen MR) is 61.9 cm³/mol. The summed E-state index contributed by atoms with van der Waals surface area (Å²) in [5.41, 5.74) is 5.27. The molecule has 0 aromatic carbocycles. The number of hydrogen-bond acceptors (Lipinski definition) is 3. The van der Waals surface area contributed by atoms with E-state index in [2.05, 4.69) is 5.32 Å². The van der Waals surface area contributed by atoms with Crippen LogP contribution in [-0.2, 0) is 15.6 Å². The number of hydrogen-bond donors (Lipinski definition) is 2. The first-order valence-corrected chi connectivity index (χ1v) is 6.94. The van der Waals surface area contributed by atoms with Crippen molar-refractivity contribution in [3.63, 3.8) is 0 Å². The number of amides is 1. The monoisotopic (exact) mass is 232 g/mol. The lowest BCUT2D eigenvalue weighted by Gasteiger charge is -2.14. The maximum Gasteiger partial charge on any atom is 0.227 e. The van der Waals surface area contributed by atoms with Crippen molar-refractivity contribution in [2.45, 2.75) is 31.4 Å². The van der Waals surface area contributed by atoms with Gasteiger partial charge in [-0.2, -0.15) is 0 Å². The molecule has 0 saturated heterocycles. The third kappa shape index (κ3) is 3.28. The van der Waals surface area contributed by atoms with Crippen LogP contribution in [0, 0.1) is 5.41 Å².